The Balaban J connectivity index is 1.44. The topological polar surface area (TPSA) is 84.3 Å². The number of hydrogen-bond acceptors (Lipinski definition) is 6. The van der Waals surface area contributed by atoms with Crippen molar-refractivity contribution in [3.05, 3.63) is 59.3 Å². The number of rotatable bonds is 6. The van der Waals surface area contributed by atoms with Crippen molar-refractivity contribution in [2.75, 3.05) is 29.7 Å². The van der Waals surface area contributed by atoms with Crippen LogP contribution >= 0.6 is 0 Å². The molecule has 3 heterocycles. The molecule has 0 spiro atoms. The molecule has 2 N–H and O–H groups in total. The van der Waals surface area contributed by atoms with Gasteiger partial charge >= 0.3 is 0 Å². The minimum atomic E-state index is -0.385. The highest BCUT2D eigenvalue weighted by molar-refractivity contribution is 6.04. The lowest BCUT2D eigenvalue weighted by atomic mass is 10.1. The number of benzene rings is 1. The minimum Gasteiger partial charge on any atom is -0.494 e. The van der Waals surface area contributed by atoms with Crippen LogP contribution in [0.2, 0.25) is 0 Å². The number of carbonyl (C=O) groups excluding carboxylic acids is 1. The summed E-state index contributed by atoms with van der Waals surface area (Å²) < 4.78 is 20.4. The number of fused-ring (bicyclic) bond motifs is 1. The minimum absolute atomic E-state index is 0.0354. The summed E-state index contributed by atoms with van der Waals surface area (Å²) in [6.07, 6.45) is 3.72. The molecule has 0 unspecified atom stereocenters. The summed E-state index contributed by atoms with van der Waals surface area (Å²) in [5.41, 5.74) is 4.32. The van der Waals surface area contributed by atoms with Crippen LogP contribution in [0.5, 0.6) is 5.75 Å². The van der Waals surface area contributed by atoms with Gasteiger partial charge in [-0.05, 0) is 31.5 Å². The van der Waals surface area contributed by atoms with Crippen LogP contribution in [0.25, 0.3) is 0 Å². The average Bonchev–Trinajstić information content (AvgIpc) is 3.20. The predicted molar refractivity (Wildman–Crippen MR) is 117 cm³/mol. The first-order valence-corrected chi connectivity index (χ1v) is 9.98. The number of aryl methyl sites for hydroxylation is 1. The summed E-state index contributed by atoms with van der Waals surface area (Å²) >= 11 is 0. The third-order valence-corrected chi connectivity index (χ3v) is 5.49. The van der Waals surface area contributed by atoms with Gasteiger partial charge in [0.25, 0.3) is 0 Å². The first-order valence-electron chi connectivity index (χ1n) is 9.98. The van der Waals surface area contributed by atoms with Crippen LogP contribution in [0.3, 0.4) is 0 Å². The fourth-order valence-corrected chi connectivity index (χ4v) is 3.56. The van der Waals surface area contributed by atoms with Crippen molar-refractivity contribution in [3.8, 4) is 5.75 Å². The third kappa shape index (κ3) is 4.16. The summed E-state index contributed by atoms with van der Waals surface area (Å²) in [7, 11) is 3.35. The van der Waals surface area contributed by atoms with E-state index in [2.05, 4.69) is 20.7 Å². The zero-order chi connectivity index (χ0) is 22.1. The highest BCUT2D eigenvalue weighted by atomic mass is 19.1. The van der Waals surface area contributed by atoms with Crippen molar-refractivity contribution in [1.82, 2.24) is 14.8 Å². The molecule has 1 aromatic carbocycles. The molecule has 1 atom stereocenters. The van der Waals surface area contributed by atoms with Crippen LogP contribution < -0.4 is 20.3 Å². The SMILES string of the molecule is COc1cc(Cn2cc(CNc3cc4c(c(C)n3)NC(=O)[C@H](C)N4C)cn2)ccc1F. The summed E-state index contributed by atoms with van der Waals surface area (Å²) in [4.78, 5) is 18.6. The number of aromatic nitrogens is 3. The van der Waals surface area contributed by atoms with Gasteiger partial charge < -0.3 is 20.3 Å². The normalized spacial score (nSPS) is 15.5. The summed E-state index contributed by atoms with van der Waals surface area (Å²) in [5.74, 6) is 0.522. The molecular weight excluding hydrogens is 399 g/mol. The van der Waals surface area contributed by atoms with Crippen LogP contribution in [0.4, 0.5) is 21.6 Å². The monoisotopic (exact) mass is 424 g/mol. The lowest BCUT2D eigenvalue weighted by Gasteiger charge is -2.34. The van der Waals surface area contributed by atoms with Crippen molar-refractivity contribution < 1.29 is 13.9 Å². The molecule has 3 aromatic rings. The molecule has 162 valence electrons. The van der Waals surface area contributed by atoms with Crippen LogP contribution in [0.1, 0.15) is 23.7 Å². The maximum absolute atomic E-state index is 13.6. The van der Waals surface area contributed by atoms with E-state index in [0.29, 0.717) is 13.1 Å². The number of ether oxygens (including phenoxy) is 1. The molecule has 0 radical (unpaired) electrons. The van der Waals surface area contributed by atoms with Crippen molar-refractivity contribution in [2.24, 2.45) is 0 Å². The van der Waals surface area contributed by atoms with E-state index in [0.717, 1.165) is 34.0 Å². The van der Waals surface area contributed by atoms with Crippen molar-refractivity contribution >= 4 is 23.1 Å². The number of hydrogen-bond donors (Lipinski definition) is 2. The number of amides is 1. The fraction of sp³-hybridized carbons (Fsp3) is 0.318. The molecule has 0 saturated carbocycles. The average molecular weight is 424 g/mol. The van der Waals surface area contributed by atoms with Crippen LogP contribution in [0, 0.1) is 12.7 Å². The first kappa shape index (κ1) is 20.6. The maximum Gasteiger partial charge on any atom is 0.246 e. The van der Waals surface area contributed by atoms with E-state index in [1.165, 1.54) is 13.2 Å². The molecule has 1 aliphatic rings. The molecule has 1 amide bonds. The number of anilines is 3. The van der Waals surface area contributed by atoms with Gasteiger partial charge in [-0.15, -0.1) is 0 Å². The molecule has 8 nitrogen and oxygen atoms in total. The van der Waals surface area contributed by atoms with Crippen LogP contribution in [-0.2, 0) is 17.9 Å². The van der Waals surface area contributed by atoms with Gasteiger partial charge in [0.2, 0.25) is 5.91 Å². The maximum atomic E-state index is 13.6. The molecule has 4 rings (SSSR count). The summed E-state index contributed by atoms with van der Waals surface area (Å²) in [6, 6.07) is 6.47. The van der Waals surface area contributed by atoms with Crippen LogP contribution in [0.15, 0.2) is 36.7 Å². The van der Waals surface area contributed by atoms with Crippen molar-refractivity contribution in [3.63, 3.8) is 0 Å². The highest BCUT2D eigenvalue weighted by Crippen LogP contribution is 2.34. The Hall–Kier alpha value is -3.62. The van der Waals surface area contributed by atoms with Crippen molar-refractivity contribution in [1.29, 1.82) is 0 Å². The largest absolute Gasteiger partial charge is 0.494 e. The smallest absolute Gasteiger partial charge is 0.246 e. The molecule has 2 aromatic heterocycles. The zero-order valence-corrected chi connectivity index (χ0v) is 17.9. The Kier molecular flexibility index (Phi) is 5.50. The number of halogens is 1. The second kappa shape index (κ2) is 8.25. The van der Waals surface area contributed by atoms with E-state index < -0.39 is 0 Å². The molecule has 9 heteroatoms. The van der Waals surface area contributed by atoms with E-state index >= 15 is 0 Å². The molecule has 31 heavy (non-hydrogen) atoms. The van der Waals surface area contributed by atoms with Crippen LogP contribution in [-0.4, -0.2) is 40.9 Å². The molecule has 0 aliphatic carbocycles. The van der Waals surface area contributed by atoms with Gasteiger partial charge in [-0.2, -0.15) is 5.10 Å². The second-order valence-electron chi connectivity index (χ2n) is 7.63. The predicted octanol–water partition coefficient (Wildman–Crippen LogP) is 3.17. The first-order chi connectivity index (χ1) is 14.9. The van der Waals surface area contributed by atoms with E-state index in [1.54, 1.807) is 23.0 Å². The molecule has 0 saturated heterocycles. The van der Waals surface area contributed by atoms with Gasteiger partial charge in [-0.25, -0.2) is 9.37 Å². The summed E-state index contributed by atoms with van der Waals surface area (Å²) in [5, 5.41) is 10.6. The van der Waals surface area contributed by atoms with E-state index in [-0.39, 0.29) is 23.5 Å². The van der Waals surface area contributed by atoms with E-state index in [1.807, 2.05) is 38.1 Å². The second-order valence-corrected chi connectivity index (χ2v) is 7.63. The van der Waals surface area contributed by atoms with E-state index in [4.69, 9.17) is 4.74 Å². The Morgan fingerprint density at radius 2 is 2.10 bits per heavy atom. The summed E-state index contributed by atoms with van der Waals surface area (Å²) in [6.45, 7) is 4.80. The number of nitrogens with one attached hydrogen (secondary N) is 2. The van der Waals surface area contributed by atoms with Gasteiger partial charge in [0, 0.05) is 31.4 Å². The Bertz CT molecular complexity index is 1130. The Morgan fingerprint density at radius 1 is 1.29 bits per heavy atom. The Labute approximate surface area is 180 Å². The van der Waals surface area contributed by atoms with E-state index in [9.17, 15) is 9.18 Å². The quantitative estimate of drug-likeness (QED) is 0.632. The Morgan fingerprint density at radius 3 is 2.87 bits per heavy atom. The molecule has 1 aliphatic heterocycles. The standard InChI is InChI=1S/C22H25FN6O2/c1-13-21-18(28(3)14(2)22(30)27-21)8-20(26-13)24-9-16-10-25-29(12-16)11-15-5-6-17(23)19(7-15)31-4/h5-8,10,12,14H,9,11H2,1-4H3,(H,24,26)(H,27,30)/t14-/m0/s1. The number of carbonyl (C=O) groups is 1. The number of methoxy groups -OCH3 is 1. The number of likely N-dealkylation sites (N-methyl/N-ethyl adjacent to an activating group) is 1. The zero-order valence-electron chi connectivity index (χ0n) is 17.9. The highest BCUT2D eigenvalue weighted by Gasteiger charge is 2.28. The fourth-order valence-electron chi connectivity index (χ4n) is 3.56. The van der Waals surface area contributed by atoms with Crippen molar-refractivity contribution in [2.45, 2.75) is 33.0 Å². The third-order valence-electron chi connectivity index (χ3n) is 5.49. The molecular formula is C22H25FN6O2. The molecule has 0 bridgehead atoms. The van der Waals surface area contributed by atoms with Gasteiger partial charge in [-0.1, -0.05) is 6.07 Å². The van der Waals surface area contributed by atoms with Gasteiger partial charge in [0.05, 0.1) is 36.9 Å². The lowest BCUT2D eigenvalue weighted by molar-refractivity contribution is -0.117. The van der Waals surface area contributed by atoms with Gasteiger partial charge in [0.1, 0.15) is 11.9 Å². The lowest BCUT2D eigenvalue weighted by Crippen LogP contribution is -2.44. The van der Waals surface area contributed by atoms with Gasteiger partial charge in [0.15, 0.2) is 11.6 Å². The number of pyridine rings is 1. The van der Waals surface area contributed by atoms with Gasteiger partial charge in [-0.3, -0.25) is 9.48 Å². The molecule has 0 fully saturated rings. The number of nitrogens with zero attached hydrogens (tertiary/aromatic N) is 4.